The van der Waals surface area contributed by atoms with Crippen molar-refractivity contribution in [3.8, 4) is 0 Å². The molecule has 0 radical (unpaired) electrons. The largest absolute Gasteiger partial charge is 0.351 e. The molecule has 0 spiro atoms. The number of carbonyl (C=O) groups is 1. The van der Waals surface area contributed by atoms with Crippen molar-refractivity contribution in [1.29, 1.82) is 0 Å². The lowest BCUT2D eigenvalue weighted by molar-refractivity contribution is 0.256. The van der Waals surface area contributed by atoms with Gasteiger partial charge in [0.05, 0.1) is 5.69 Å². The highest BCUT2D eigenvalue weighted by molar-refractivity contribution is 7.13. The van der Waals surface area contributed by atoms with E-state index in [1.807, 2.05) is 29.6 Å². The van der Waals surface area contributed by atoms with Crippen LogP contribution in [0.5, 0.6) is 0 Å². The molecule has 0 unspecified atom stereocenters. The highest BCUT2D eigenvalue weighted by atomic mass is 32.1. The van der Waals surface area contributed by atoms with Crippen molar-refractivity contribution in [2.24, 2.45) is 5.73 Å². The van der Waals surface area contributed by atoms with E-state index >= 15 is 0 Å². The maximum atomic E-state index is 11.5. The predicted molar refractivity (Wildman–Crippen MR) is 69.7 cm³/mol. The first kappa shape index (κ1) is 11.6. The lowest BCUT2D eigenvalue weighted by Gasteiger charge is -2.17. The third kappa shape index (κ3) is 2.45. The highest BCUT2D eigenvalue weighted by Crippen LogP contribution is 2.27. The molecule has 0 fully saturated rings. The molecule has 0 bridgehead atoms. The Bertz CT molecular complexity index is 493. The molecule has 0 saturated heterocycles. The van der Waals surface area contributed by atoms with Crippen LogP contribution in [0.15, 0.2) is 35.8 Å². The molecule has 4 nitrogen and oxygen atoms in total. The zero-order valence-electron chi connectivity index (χ0n) is 9.46. The summed E-state index contributed by atoms with van der Waals surface area (Å²) < 4.78 is 0. The Hall–Kier alpha value is -1.88. The SMILES string of the molecule is CCc1ccc(N(C(N)=O)c2nccs2)cc1. The third-order valence-electron chi connectivity index (χ3n) is 2.43. The van der Waals surface area contributed by atoms with E-state index in [2.05, 4.69) is 11.9 Å². The molecule has 0 aliphatic carbocycles. The molecule has 0 atom stereocenters. The monoisotopic (exact) mass is 247 g/mol. The number of hydrogen-bond acceptors (Lipinski definition) is 3. The summed E-state index contributed by atoms with van der Waals surface area (Å²) >= 11 is 1.38. The number of benzene rings is 1. The molecule has 17 heavy (non-hydrogen) atoms. The van der Waals surface area contributed by atoms with Crippen molar-refractivity contribution in [3.05, 3.63) is 41.4 Å². The van der Waals surface area contributed by atoms with Crippen molar-refractivity contribution >= 4 is 28.2 Å². The number of thiazole rings is 1. The van der Waals surface area contributed by atoms with Crippen LogP contribution in [0.1, 0.15) is 12.5 Å². The molecular formula is C12H13N3OS. The topological polar surface area (TPSA) is 59.2 Å². The number of amides is 2. The molecule has 2 rings (SSSR count). The molecule has 1 aromatic heterocycles. The molecule has 2 aromatic rings. The van der Waals surface area contributed by atoms with E-state index in [-0.39, 0.29) is 0 Å². The van der Waals surface area contributed by atoms with E-state index in [9.17, 15) is 4.79 Å². The number of urea groups is 1. The second-order valence-electron chi connectivity index (χ2n) is 3.51. The second kappa shape index (κ2) is 4.97. The Morgan fingerprint density at radius 1 is 1.41 bits per heavy atom. The van der Waals surface area contributed by atoms with Gasteiger partial charge in [0.25, 0.3) is 0 Å². The summed E-state index contributed by atoms with van der Waals surface area (Å²) in [6.07, 6.45) is 2.62. The fraction of sp³-hybridized carbons (Fsp3) is 0.167. The molecule has 0 aliphatic rings. The van der Waals surface area contributed by atoms with Crippen LogP contribution in [0.3, 0.4) is 0 Å². The van der Waals surface area contributed by atoms with Crippen LogP contribution in [0.4, 0.5) is 15.6 Å². The molecule has 2 amide bonds. The van der Waals surface area contributed by atoms with E-state index in [4.69, 9.17) is 5.73 Å². The summed E-state index contributed by atoms with van der Waals surface area (Å²) in [4.78, 5) is 17.0. The maximum Gasteiger partial charge on any atom is 0.325 e. The standard InChI is InChI=1S/C12H13N3OS/c1-2-9-3-5-10(6-4-9)15(11(13)16)12-14-7-8-17-12/h3-8H,2H2,1H3,(H2,13,16). The van der Waals surface area contributed by atoms with Gasteiger partial charge in [-0.1, -0.05) is 19.1 Å². The van der Waals surface area contributed by atoms with Gasteiger partial charge in [0.2, 0.25) is 0 Å². The van der Waals surface area contributed by atoms with E-state index in [0.29, 0.717) is 5.13 Å². The van der Waals surface area contributed by atoms with Crippen LogP contribution in [0, 0.1) is 0 Å². The smallest absolute Gasteiger partial charge is 0.325 e. The van der Waals surface area contributed by atoms with Gasteiger partial charge in [-0.15, -0.1) is 11.3 Å². The van der Waals surface area contributed by atoms with Gasteiger partial charge in [0.1, 0.15) is 0 Å². The summed E-state index contributed by atoms with van der Waals surface area (Å²) in [6.45, 7) is 2.09. The molecule has 1 heterocycles. The molecule has 0 saturated carbocycles. The first-order valence-electron chi connectivity index (χ1n) is 5.30. The van der Waals surface area contributed by atoms with Gasteiger partial charge in [0, 0.05) is 11.6 Å². The number of rotatable bonds is 3. The van der Waals surface area contributed by atoms with Crippen LogP contribution >= 0.6 is 11.3 Å². The first-order valence-corrected chi connectivity index (χ1v) is 6.18. The van der Waals surface area contributed by atoms with Crippen molar-refractivity contribution in [3.63, 3.8) is 0 Å². The number of primary amides is 1. The summed E-state index contributed by atoms with van der Waals surface area (Å²) in [5.74, 6) is 0. The zero-order chi connectivity index (χ0) is 12.3. The number of carbonyl (C=O) groups excluding carboxylic acids is 1. The van der Waals surface area contributed by atoms with Gasteiger partial charge in [-0.3, -0.25) is 0 Å². The zero-order valence-corrected chi connectivity index (χ0v) is 10.3. The van der Waals surface area contributed by atoms with Gasteiger partial charge in [0.15, 0.2) is 5.13 Å². The number of hydrogen-bond donors (Lipinski definition) is 1. The summed E-state index contributed by atoms with van der Waals surface area (Å²) in [6, 6.07) is 7.21. The average Bonchev–Trinajstić information content (AvgIpc) is 2.83. The van der Waals surface area contributed by atoms with Crippen molar-refractivity contribution < 1.29 is 4.79 Å². The number of aryl methyl sites for hydroxylation is 1. The van der Waals surface area contributed by atoms with Gasteiger partial charge >= 0.3 is 6.03 Å². The lowest BCUT2D eigenvalue weighted by Crippen LogP contribution is -2.31. The Kier molecular flexibility index (Phi) is 3.39. The third-order valence-corrected chi connectivity index (χ3v) is 3.19. The van der Waals surface area contributed by atoms with Gasteiger partial charge < -0.3 is 5.73 Å². The summed E-state index contributed by atoms with van der Waals surface area (Å²) in [5.41, 5.74) is 7.34. The van der Waals surface area contributed by atoms with E-state index < -0.39 is 6.03 Å². The van der Waals surface area contributed by atoms with E-state index in [1.54, 1.807) is 6.20 Å². The molecule has 2 N–H and O–H groups in total. The maximum absolute atomic E-state index is 11.5. The minimum absolute atomic E-state index is 0.524. The summed E-state index contributed by atoms with van der Waals surface area (Å²) in [7, 11) is 0. The Morgan fingerprint density at radius 3 is 2.59 bits per heavy atom. The quantitative estimate of drug-likeness (QED) is 0.906. The van der Waals surface area contributed by atoms with Gasteiger partial charge in [-0.05, 0) is 24.1 Å². The Morgan fingerprint density at radius 2 is 2.12 bits per heavy atom. The normalized spacial score (nSPS) is 10.2. The first-order chi connectivity index (χ1) is 8.22. The summed E-state index contributed by atoms with van der Waals surface area (Å²) in [5, 5.41) is 2.40. The minimum Gasteiger partial charge on any atom is -0.351 e. The fourth-order valence-corrected chi connectivity index (χ4v) is 2.20. The number of aromatic nitrogens is 1. The Labute approximate surface area is 104 Å². The predicted octanol–water partition coefficient (Wildman–Crippen LogP) is 2.92. The molecular weight excluding hydrogens is 234 g/mol. The van der Waals surface area contributed by atoms with Crippen molar-refractivity contribution in [2.75, 3.05) is 4.90 Å². The second-order valence-corrected chi connectivity index (χ2v) is 4.38. The number of anilines is 2. The van der Waals surface area contributed by atoms with Gasteiger partial charge in [-0.25, -0.2) is 14.7 Å². The van der Waals surface area contributed by atoms with E-state index in [0.717, 1.165) is 12.1 Å². The van der Waals surface area contributed by atoms with E-state index in [1.165, 1.54) is 21.8 Å². The van der Waals surface area contributed by atoms with Crippen LogP contribution in [-0.2, 0) is 6.42 Å². The van der Waals surface area contributed by atoms with Gasteiger partial charge in [-0.2, -0.15) is 0 Å². The van der Waals surface area contributed by atoms with Crippen LogP contribution in [-0.4, -0.2) is 11.0 Å². The molecule has 88 valence electrons. The van der Waals surface area contributed by atoms with Crippen LogP contribution in [0.2, 0.25) is 0 Å². The Balaban J connectivity index is 2.36. The molecule has 5 heteroatoms. The number of nitrogens with zero attached hydrogens (tertiary/aromatic N) is 2. The highest BCUT2D eigenvalue weighted by Gasteiger charge is 2.16. The van der Waals surface area contributed by atoms with Crippen molar-refractivity contribution in [1.82, 2.24) is 4.98 Å². The lowest BCUT2D eigenvalue weighted by atomic mass is 10.1. The number of nitrogens with two attached hydrogens (primary N) is 1. The minimum atomic E-state index is -0.524. The fourth-order valence-electron chi connectivity index (χ4n) is 1.54. The molecule has 0 aliphatic heterocycles. The van der Waals surface area contributed by atoms with Crippen LogP contribution < -0.4 is 10.6 Å². The van der Waals surface area contributed by atoms with Crippen molar-refractivity contribution in [2.45, 2.75) is 13.3 Å². The average molecular weight is 247 g/mol. The molecule has 1 aromatic carbocycles. The van der Waals surface area contributed by atoms with Crippen LogP contribution in [0.25, 0.3) is 0 Å².